The number of hydrogen-bond donors (Lipinski definition) is 2. The molecule has 90 valence electrons. The number of hydrogen-bond acceptors (Lipinski definition) is 4. The first-order valence-electron chi connectivity index (χ1n) is 5.75. The van der Waals surface area contributed by atoms with Crippen LogP contribution in [0.1, 0.15) is 25.7 Å². The Morgan fingerprint density at radius 3 is 2.13 bits per heavy atom. The van der Waals surface area contributed by atoms with Gasteiger partial charge in [0.25, 0.3) is 0 Å². The molecule has 1 aliphatic rings. The van der Waals surface area contributed by atoms with Crippen LogP contribution >= 0.6 is 0 Å². The summed E-state index contributed by atoms with van der Waals surface area (Å²) in [6, 6.07) is 1.30. The molecule has 0 radical (unpaired) electrons. The minimum absolute atomic E-state index is 0.305. The van der Waals surface area contributed by atoms with E-state index in [0.717, 1.165) is 12.8 Å². The molecule has 0 unspecified atom stereocenters. The van der Waals surface area contributed by atoms with Crippen LogP contribution in [-0.2, 0) is 9.47 Å². The number of rotatable bonds is 6. The highest BCUT2D eigenvalue weighted by molar-refractivity contribution is 4.81. The minimum Gasteiger partial charge on any atom is -0.383 e. The second kappa shape index (κ2) is 7.17. The number of methoxy groups -OCH3 is 2. The summed E-state index contributed by atoms with van der Waals surface area (Å²) in [5.41, 5.74) is 5.87. The monoisotopic (exact) mass is 216 g/mol. The van der Waals surface area contributed by atoms with Crippen LogP contribution in [0.2, 0.25) is 0 Å². The van der Waals surface area contributed by atoms with E-state index in [9.17, 15) is 0 Å². The van der Waals surface area contributed by atoms with Crippen LogP contribution in [-0.4, -0.2) is 45.6 Å². The highest BCUT2D eigenvalue weighted by atomic mass is 16.5. The molecule has 4 nitrogen and oxygen atoms in total. The lowest BCUT2D eigenvalue weighted by Gasteiger charge is -2.30. The average molecular weight is 216 g/mol. The van der Waals surface area contributed by atoms with Crippen LogP contribution in [0.5, 0.6) is 0 Å². The van der Waals surface area contributed by atoms with Crippen LogP contribution < -0.4 is 11.1 Å². The summed E-state index contributed by atoms with van der Waals surface area (Å²) < 4.78 is 10.3. The Morgan fingerprint density at radius 2 is 1.67 bits per heavy atom. The molecule has 1 rings (SSSR count). The molecule has 0 saturated heterocycles. The van der Waals surface area contributed by atoms with Crippen molar-refractivity contribution in [2.45, 2.75) is 43.8 Å². The van der Waals surface area contributed by atoms with E-state index in [1.165, 1.54) is 12.8 Å². The van der Waals surface area contributed by atoms with Gasteiger partial charge >= 0.3 is 0 Å². The Labute approximate surface area is 92.5 Å². The number of ether oxygens (including phenoxy) is 2. The van der Waals surface area contributed by atoms with Crippen molar-refractivity contribution in [3.05, 3.63) is 0 Å². The normalized spacial score (nSPS) is 27.2. The van der Waals surface area contributed by atoms with Gasteiger partial charge in [0.1, 0.15) is 0 Å². The van der Waals surface area contributed by atoms with Crippen LogP contribution in [0.15, 0.2) is 0 Å². The number of nitrogens with two attached hydrogens (primary N) is 1. The predicted molar refractivity (Wildman–Crippen MR) is 60.9 cm³/mol. The predicted octanol–water partition coefficient (Wildman–Crippen LogP) is 0.507. The largest absolute Gasteiger partial charge is 0.383 e. The smallest absolute Gasteiger partial charge is 0.0638 e. The summed E-state index contributed by atoms with van der Waals surface area (Å²) >= 11 is 0. The first-order valence-corrected chi connectivity index (χ1v) is 5.75. The zero-order valence-electron chi connectivity index (χ0n) is 9.87. The standard InChI is InChI=1S/C11H24N2O2/c1-14-7-11(8-15-2)13-10-5-3-9(12)4-6-10/h9-11,13H,3-8,12H2,1-2H3. The fraction of sp³-hybridized carbons (Fsp3) is 1.00. The molecular weight excluding hydrogens is 192 g/mol. The van der Waals surface area contributed by atoms with Crippen molar-refractivity contribution in [2.75, 3.05) is 27.4 Å². The molecule has 1 fully saturated rings. The fourth-order valence-electron chi connectivity index (χ4n) is 2.17. The van der Waals surface area contributed by atoms with Crippen molar-refractivity contribution in [2.24, 2.45) is 5.73 Å². The van der Waals surface area contributed by atoms with Gasteiger partial charge in [-0.1, -0.05) is 0 Å². The molecule has 4 heteroatoms. The number of nitrogens with one attached hydrogen (secondary N) is 1. The van der Waals surface area contributed by atoms with Crippen LogP contribution in [0.25, 0.3) is 0 Å². The Bertz CT molecular complexity index is 153. The van der Waals surface area contributed by atoms with Gasteiger partial charge in [0.2, 0.25) is 0 Å². The molecule has 0 heterocycles. The van der Waals surface area contributed by atoms with Gasteiger partial charge in [0.15, 0.2) is 0 Å². The van der Waals surface area contributed by atoms with Crippen LogP contribution in [0.4, 0.5) is 0 Å². The molecule has 0 aromatic carbocycles. The van der Waals surface area contributed by atoms with Gasteiger partial charge in [-0.25, -0.2) is 0 Å². The molecule has 0 aromatic heterocycles. The summed E-state index contributed by atoms with van der Waals surface area (Å²) in [5.74, 6) is 0. The van der Waals surface area contributed by atoms with Gasteiger partial charge in [-0.05, 0) is 25.7 Å². The highest BCUT2D eigenvalue weighted by Gasteiger charge is 2.20. The van der Waals surface area contributed by atoms with E-state index in [2.05, 4.69) is 5.32 Å². The Kier molecular flexibility index (Phi) is 6.17. The SMILES string of the molecule is COCC(COC)NC1CCC(N)CC1. The zero-order chi connectivity index (χ0) is 11.1. The molecular formula is C11H24N2O2. The lowest BCUT2D eigenvalue weighted by molar-refractivity contribution is 0.0937. The molecule has 1 saturated carbocycles. The van der Waals surface area contributed by atoms with E-state index in [4.69, 9.17) is 15.2 Å². The summed E-state index contributed by atoms with van der Waals surface area (Å²) in [6.07, 6.45) is 4.60. The van der Waals surface area contributed by atoms with Gasteiger partial charge < -0.3 is 20.5 Å². The van der Waals surface area contributed by atoms with E-state index >= 15 is 0 Å². The second-order valence-electron chi connectivity index (χ2n) is 4.39. The lowest BCUT2D eigenvalue weighted by atomic mass is 9.91. The van der Waals surface area contributed by atoms with Gasteiger partial charge in [0.05, 0.1) is 19.3 Å². The van der Waals surface area contributed by atoms with Gasteiger partial charge in [-0.2, -0.15) is 0 Å². The summed E-state index contributed by atoms with van der Waals surface area (Å²) in [4.78, 5) is 0. The van der Waals surface area contributed by atoms with E-state index in [1.807, 2.05) is 0 Å². The molecule has 15 heavy (non-hydrogen) atoms. The molecule has 1 aliphatic carbocycles. The van der Waals surface area contributed by atoms with Crippen molar-refractivity contribution in [1.29, 1.82) is 0 Å². The van der Waals surface area contributed by atoms with Crippen molar-refractivity contribution < 1.29 is 9.47 Å². The van der Waals surface area contributed by atoms with Crippen molar-refractivity contribution in [1.82, 2.24) is 5.32 Å². The molecule has 0 aliphatic heterocycles. The molecule has 0 spiro atoms. The Morgan fingerprint density at radius 1 is 1.13 bits per heavy atom. The Hall–Kier alpha value is -0.160. The molecule has 3 N–H and O–H groups in total. The molecule has 0 bridgehead atoms. The lowest BCUT2D eigenvalue weighted by Crippen LogP contribution is -2.46. The van der Waals surface area contributed by atoms with Gasteiger partial charge in [0, 0.05) is 26.3 Å². The Balaban J connectivity index is 2.24. The third-order valence-corrected chi connectivity index (χ3v) is 2.98. The molecule has 0 aromatic rings. The van der Waals surface area contributed by atoms with Crippen LogP contribution in [0, 0.1) is 0 Å². The zero-order valence-corrected chi connectivity index (χ0v) is 9.87. The van der Waals surface area contributed by atoms with E-state index < -0.39 is 0 Å². The topological polar surface area (TPSA) is 56.5 Å². The fourth-order valence-corrected chi connectivity index (χ4v) is 2.17. The van der Waals surface area contributed by atoms with Crippen molar-refractivity contribution in [3.8, 4) is 0 Å². The summed E-state index contributed by atoms with van der Waals surface area (Å²) in [6.45, 7) is 1.41. The van der Waals surface area contributed by atoms with E-state index in [-0.39, 0.29) is 0 Å². The first kappa shape index (κ1) is 12.9. The molecule has 0 amide bonds. The minimum atomic E-state index is 0.305. The maximum absolute atomic E-state index is 5.87. The average Bonchev–Trinajstić information content (AvgIpc) is 2.22. The summed E-state index contributed by atoms with van der Waals surface area (Å²) in [7, 11) is 3.45. The quantitative estimate of drug-likeness (QED) is 0.679. The van der Waals surface area contributed by atoms with Crippen molar-refractivity contribution in [3.63, 3.8) is 0 Å². The van der Waals surface area contributed by atoms with E-state index in [0.29, 0.717) is 31.3 Å². The molecule has 0 atom stereocenters. The van der Waals surface area contributed by atoms with Gasteiger partial charge in [-0.15, -0.1) is 0 Å². The maximum Gasteiger partial charge on any atom is 0.0638 e. The second-order valence-corrected chi connectivity index (χ2v) is 4.39. The summed E-state index contributed by atoms with van der Waals surface area (Å²) in [5, 5.41) is 3.57. The van der Waals surface area contributed by atoms with Crippen molar-refractivity contribution >= 4 is 0 Å². The maximum atomic E-state index is 5.87. The third-order valence-electron chi connectivity index (χ3n) is 2.98. The van der Waals surface area contributed by atoms with Gasteiger partial charge in [-0.3, -0.25) is 0 Å². The van der Waals surface area contributed by atoms with E-state index in [1.54, 1.807) is 14.2 Å². The first-order chi connectivity index (χ1) is 7.26. The third kappa shape index (κ3) is 4.93. The van der Waals surface area contributed by atoms with Crippen LogP contribution in [0.3, 0.4) is 0 Å². The highest BCUT2D eigenvalue weighted by Crippen LogP contribution is 2.17.